The Bertz CT molecular complexity index is 420. The van der Waals surface area contributed by atoms with Gasteiger partial charge >= 0.3 is 0 Å². The first-order valence-electron chi connectivity index (χ1n) is 8.54. The third-order valence-corrected chi connectivity index (χ3v) is 12.6. The number of allylic oxidation sites excluding steroid dienone is 8. The van der Waals surface area contributed by atoms with Crippen LogP contribution in [0.15, 0.2) is 46.8 Å². The molecule has 2 aliphatic carbocycles. The van der Waals surface area contributed by atoms with Crippen molar-refractivity contribution < 1.29 is 4.12 Å². The highest BCUT2D eigenvalue weighted by Crippen LogP contribution is 2.32. The van der Waals surface area contributed by atoms with Crippen LogP contribution in [0.3, 0.4) is 0 Å². The molecule has 0 aromatic heterocycles. The zero-order valence-corrected chi connectivity index (χ0v) is 16.3. The maximum absolute atomic E-state index is 6.98. The summed E-state index contributed by atoms with van der Waals surface area (Å²) in [5.41, 5.74) is 1.48. The van der Waals surface area contributed by atoms with Gasteiger partial charge in [0.05, 0.1) is 0 Å². The van der Waals surface area contributed by atoms with E-state index in [1.165, 1.54) is 12.8 Å². The highest BCUT2D eigenvalue weighted by Gasteiger charge is 2.32. The van der Waals surface area contributed by atoms with Crippen LogP contribution in [-0.4, -0.2) is 18.1 Å². The van der Waals surface area contributed by atoms with Crippen LogP contribution >= 0.6 is 0 Å². The molecule has 0 saturated carbocycles. The van der Waals surface area contributed by atoms with Gasteiger partial charge in [0.1, 0.15) is 0 Å². The third-order valence-electron chi connectivity index (χ3n) is 4.95. The van der Waals surface area contributed by atoms with E-state index in [-0.39, 0.29) is 0 Å². The molecule has 0 aromatic carbocycles. The molecule has 0 aromatic rings. The van der Waals surface area contributed by atoms with Crippen molar-refractivity contribution in [2.45, 2.75) is 64.5 Å². The topological polar surface area (TPSA) is 9.23 Å². The minimum absolute atomic E-state index is 0.741. The Labute approximate surface area is 133 Å². The molecule has 2 rings (SSSR count). The second-order valence-corrected chi connectivity index (χ2v) is 13.0. The first-order valence-corrected chi connectivity index (χ1v) is 12.0. The molecule has 21 heavy (non-hydrogen) atoms. The predicted molar refractivity (Wildman–Crippen MR) is 98.5 cm³/mol. The molecule has 0 bridgehead atoms. The van der Waals surface area contributed by atoms with Gasteiger partial charge in [0.25, 0.3) is 0 Å². The lowest BCUT2D eigenvalue weighted by molar-refractivity contribution is 0.545. The normalized spacial score (nSPS) is 22.9. The zero-order valence-electron chi connectivity index (χ0n) is 14.0. The van der Waals surface area contributed by atoms with Gasteiger partial charge in [0, 0.05) is 0 Å². The quantitative estimate of drug-likeness (QED) is 0.578. The number of rotatable bonds is 8. The molecule has 0 radical (unpaired) electrons. The highest BCUT2D eigenvalue weighted by atomic mass is 28.4. The lowest BCUT2D eigenvalue weighted by atomic mass is 10.4. The van der Waals surface area contributed by atoms with E-state index in [9.17, 15) is 0 Å². The summed E-state index contributed by atoms with van der Waals surface area (Å²) in [5, 5.41) is 3.24. The minimum atomic E-state index is -1.27. The average Bonchev–Trinajstić information content (AvgIpc) is 3.20. The van der Waals surface area contributed by atoms with E-state index in [1.54, 1.807) is 10.4 Å². The van der Waals surface area contributed by atoms with Crippen molar-refractivity contribution in [1.29, 1.82) is 0 Å². The Morgan fingerprint density at radius 3 is 1.62 bits per heavy atom. The lowest BCUT2D eigenvalue weighted by Crippen LogP contribution is -2.37. The van der Waals surface area contributed by atoms with Gasteiger partial charge in [-0.15, -0.1) is 0 Å². The smallest absolute Gasteiger partial charge is 0.194 e. The summed E-state index contributed by atoms with van der Waals surface area (Å²) in [6.07, 6.45) is 18.5. The fourth-order valence-electron chi connectivity index (χ4n) is 3.11. The fourth-order valence-corrected chi connectivity index (χ4v) is 11.6. The van der Waals surface area contributed by atoms with Crippen LogP contribution < -0.4 is 0 Å². The summed E-state index contributed by atoms with van der Waals surface area (Å²) >= 11 is 0. The van der Waals surface area contributed by atoms with Gasteiger partial charge in [-0.1, -0.05) is 87.4 Å². The van der Waals surface area contributed by atoms with Gasteiger partial charge in [0.2, 0.25) is 0 Å². The Balaban J connectivity index is 2.14. The Kier molecular flexibility index (Phi) is 6.46. The van der Waals surface area contributed by atoms with Crippen LogP contribution in [0.5, 0.6) is 0 Å². The SMILES string of the molecule is CCC(C)[SiH](O[SiH](C1=CC=CC1)C(C)CC)C1=CC=CC1. The average molecular weight is 319 g/mol. The van der Waals surface area contributed by atoms with Gasteiger partial charge in [-0.05, 0) is 23.9 Å². The monoisotopic (exact) mass is 318 g/mol. The second kappa shape index (κ2) is 8.11. The van der Waals surface area contributed by atoms with Crippen molar-refractivity contribution in [3.05, 3.63) is 46.8 Å². The molecule has 0 spiro atoms. The molecule has 0 heterocycles. The molecule has 4 atom stereocenters. The molecule has 3 heteroatoms. The van der Waals surface area contributed by atoms with Crippen molar-refractivity contribution in [2.24, 2.45) is 0 Å². The molecule has 4 unspecified atom stereocenters. The highest BCUT2D eigenvalue weighted by molar-refractivity contribution is 6.75. The summed E-state index contributed by atoms with van der Waals surface area (Å²) in [7, 11) is -2.55. The second-order valence-electron chi connectivity index (χ2n) is 6.50. The van der Waals surface area contributed by atoms with Gasteiger partial charge in [0.15, 0.2) is 18.1 Å². The van der Waals surface area contributed by atoms with Crippen molar-refractivity contribution in [3.63, 3.8) is 0 Å². The van der Waals surface area contributed by atoms with Crippen LogP contribution in [0, 0.1) is 0 Å². The maximum atomic E-state index is 6.98. The fraction of sp³-hybridized carbons (Fsp3) is 0.556. The van der Waals surface area contributed by atoms with Gasteiger partial charge < -0.3 is 4.12 Å². The number of hydrogen-bond acceptors (Lipinski definition) is 1. The van der Waals surface area contributed by atoms with Crippen LogP contribution in [0.2, 0.25) is 11.1 Å². The predicted octanol–water partition coefficient (Wildman–Crippen LogP) is 4.90. The summed E-state index contributed by atoms with van der Waals surface area (Å²) in [6, 6.07) is 0. The molecule has 1 nitrogen and oxygen atoms in total. The van der Waals surface area contributed by atoms with Crippen molar-refractivity contribution >= 4 is 18.1 Å². The molecule has 0 amide bonds. The van der Waals surface area contributed by atoms with Crippen LogP contribution in [0.25, 0.3) is 0 Å². The molecule has 0 N–H and O–H groups in total. The summed E-state index contributed by atoms with van der Waals surface area (Å²) in [4.78, 5) is 0. The Morgan fingerprint density at radius 1 is 0.905 bits per heavy atom. The molecule has 116 valence electrons. The molecule has 0 fully saturated rings. The van der Waals surface area contributed by atoms with E-state index < -0.39 is 18.1 Å². The number of hydrogen-bond donors (Lipinski definition) is 0. The summed E-state index contributed by atoms with van der Waals surface area (Å²) in [6.45, 7) is 9.43. The van der Waals surface area contributed by atoms with E-state index in [0.717, 1.165) is 23.9 Å². The van der Waals surface area contributed by atoms with Crippen LogP contribution in [0.1, 0.15) is 53.4 Å². The van der Waals surface area contributed by atoms with Crippen molar-refractivity contribution in [2.75, 3.05) is 0 Å². The Morgan fingerprint density at radius 2 is 1.33 bits per heavy atom. The van der Waals surface area contributed by atoms with Crippen molar-refractivity contribution in [3.8, 4) is 0 Å². The molecule has 0 saturated heterocycles. The molecule has 0 aliphatic heterocycles. The Hall–Kier alpha value is -0.646. The minimum Gasteiger partial charge on any atom is -0.453 e. The van der Waals surface area contributed by atoms with E-state index in [2.05, 4.69) is 64.2 Å². The van der Waals surface area contributed by atoms with E-state index in [4.69, 9.17) is 4.12 Å². The standard InChI is InChI=1S/C18H30OSi2/c1-5-15(3)20(17-11-7-8-12-17)19-21(16(4)6-2)18-13-9-10-14-18/h7-11,13,15-16,20-21H,5-6,12,14H2,1-4H3. The van der Waals surface area contributed by atoms with Crippen LogP contribution in [-0.2, 0) is 4.12 Å². The first-order chi connectivity index (χ1) is 10.2. The lowest BCUT2D eigenvalue weighted by Gasteiger charge is -2.32. The zero-order chi connectivity index (χ0) is 15.2. The van der Waals surface area contributed by atoms with Crippen LogP contribution in [0.4, 0.5) is 0 Å². The molecular weight excluding hydrogens is 288 g/mol. The van der Waals surface area contributed by atoms with Gasteiger partial charge in [-0.3, -0.25) is 0 Å². The van der Waals surface area contributed by atoms with E-state index in [1.807, 2.05) is 0 Å². The van der Waals surface area contributed by atoms with E-state index >= 15 is 0 Å². The van der Waals surface area contributed by atoms with Crippen molar-refractivity contribution in [1.82, 2.24) is 0 Å². The largest absolute Gasteiger partial charge is 0.453 e. The summed E-state index contributed by atoms with van der Waals surface area (Å²) < 4.78 is 6.98. The summed E-state index contributed by atoms with van der Waals surface area (Å²) in [5.74, 6) is 0. The first kappa shape index (κ1) is 16.7. The maximum Gasteiger partial charge on any atom is 0.194 e. The van der Waals surface area contributed by atoms with Gasteiger partial charge in [-0.25, -0.2) is 0 Å². The van der Waals surface area contributed by atoms with Gasteiger partial charge in [-0.2, -0.15) is 0 Å². The molecular formula is C18H30OSi2. The third kappa shape index (κ3) is 4.18. The van der Waals surface area contributed by atoms with E-state index in [0.29, 0.717) is 0 Å². The molecule has 2 aliphatic rings.